The van der Waals surface area contributed by atoms with Gasteiger partial charge in [0.1, 0.15) is 5.00 Å². The van der Waals surface area contributed by atoms with E-state index in [-0.39, 0.29) is 27.6 Å². The van der Waals surface area contributed by atoms with Gasteiger partial charge in [0.25, 0.3) is 11.8 Å². The van der Waals surface area contributed by atoms with Crippen molar-refractivity contribution in [1.82, 2.24) is 9.62 Å². The molecule has 1 heterocycles. The van der Waals surface area contributed by atoms with Crippen LogP contribution in [0.3, 0.4) is 0 Å². The topological polar surface area (TPSA) is 122 Å². The number of thiophene rings is 1. The number of rotatable bonds is 7. The number of carbonyl (C=O) groups is 3. The Labute approximate surface area is 195 Å². The average Bonchev–Trinajstić information content (AvgIpc) is 3.27. The lowest BCUT2D eigenvalue weighted by Gasteiger charge is -2.17. The number of nitrogens with zero attached hydrogens (tertiary/aromatic N) is 1. The summed E-state index contributed by atoms with van der Waals surface area (Å²) in [5, 5.41) is 6.44. The molecule has 3 rings (SSSR count). The Bertz CT molecular complexity index is 1250. The fraction of sp³-hybridized carbons (Fsp3) is 0.136. The quantitative estimate of drug-likeness (QED) is 0.527. The van der Waals surface area contributed by atoms with E-state index in [0.717, 1.165) is 24.0 Å². The number of nitrogens with one attached hydrogen (secondary N) is 2. The zero-order chi connectivity index (χ0) is 24.0. The van der Waals surface area contributed by atoms with Gasteiger partial charge in [-0.05, 0) is 41.3 Å². The Morgan fingerprint density at radius 3 is 2.27 bits per heavy atom. The van der Waals surface area contributed by atoms with Crippen molar-refractivity contribution >= 4 is 44.3 Å². The van der Waals surface area contributed by atoms with E-state index in [1.807, 2.05) is 35.6 Å². The van der Waals surface area contributed by atoms with Crippen LogP contribution >= 0.6 is 11.3 Å². The number of alkyl carbamates (subject to hydrolysis) is 1. The highest BCUT2D eigenvalue weighted by molar-refractivity contribution is 7.89. The van der Waals surface area contributed by atoms with Crippen molar-refractivity contribution in [2.45, 2.75) is 11.4 Å². The largest absolute Gasteiger partial charge is 0.453 e. The van der Waals surface area contributed by atoms with Crippen molar-refractivity contribution in [1.29, 1.82) is 0 Å². The van der Waals surface area contributed by atoms with Crippen molar-refractivity contribution in [3.8, 4) is 0 Å². The zero-order valence-corrected chi connectivity index (χ0v) is 19.4. The van der Waals surface area contributed by atoms with E-state index in [0.29, 0.717) is 0 Å². The molecule has 2 N–H and O–H groups in total. The number of amides is 3. The molecule has 0 spiro atoms. The van der Waals surface area contributed by atoms with E-state index in [1.165, 1.54) is 41.7 Å². The Kier molecular flexibility index (Phi) is 7.59. The lowest BCUT2D eigenvalue weighted by molar-refractivity contribution is 0.0938. The summed E-state index contributed by atoms with van der Waals surface area (Å²) in [6.07, 6.45) is -0.919. The third-order valence-corrected chi connectivity index (χ3v) is 7.26. The van der Waals surface area contributed by atoms with Gasteiger partial charge in [0.05, 0.1) is 17.6 Å². The van der Waals surface area contributed by atoms with Gasteiger partial charge in [-0.25, -0.2) is 13.2 Å². The normalized spacial score (nSPS) is 11.1. The lowest BCUT2D eigenvalue weighted by atomic mass is 10.2. The minimum absolute atomic E-state index is 0.0479. The van der Waals surface area contributed by atoms with Gasteiger partial charge >= 0.3 is 6.09 Å². The molecule has 172 valence electrons. The van der Waals surface area contributed by atoms with Gasteiger partial charge < -0.3 is 10.1 Å². The van der Waals surface area contributed by atoms with E-state index in [9.17, 15) is 22.8 Å². The molecule has 0 aliphatic heterocycles. The van der Waals surface area contributed by atoms with E-state index in [4.69, 9.17) is 0 Å². The number of anilines is 1. The molecule has 0 aliphatic rings. The fourth-order valence-corrected chi connectivity index (χ4v) is 4.79. The zero-order valence-electron chi connectivity index (χ0n) is 17.8. The Morgan fingerprint density at radius 2 is 1.64 bits per heavy atom. The first-order valence-corrected chi connectivity index (χ1v) is 11.9. The van der Waals surface area contributed by atoms with Crippen LogP contribution in [0.4, 0.5) is 9.80 Å². The maximum absolute atomic E-state index is 12.9. The Balaban J connectivity index is 1.70. The summed E-state index contributed by atoms with van der Waals surface area (Å²) in [5.41, 5.74) is 1.15. The van der Waals surface area contributed by atoms with Crippen LogP contribution in [0.25, 0.3) is 0 Å². The smallest absolute Gasteiger partial charge is 0.413 e. The molecule has 3 amide bonds. The van der Waals surface area contributed by atoms with Gasteiger partial charge in [-0.2, -0.15) is 4.31 Å². The van der Waals surface area contributed by atoms with Crippen molar-refractivity contribution in [2.24, 2.45) is 0 Å². The molecule has 0 fully saturated rings. The molecule has 0 saturated carbocycles. The Hall–Kier alpha value is -3.54. The molecule has 0 saturated heterocycles. The van der Waals surface area contributed by atoms with E-state index in [1.54, 1.807) is 5.38 Å². The molecule has 3 aromatic rings. The highest BCUT2D eigenvalue weighted by Crippen LogP contribution is 2.24. The maximum atomic E-state index is 12.9. The number of sulfonamides is 1. The van der Waals surface area contributed by atoms with Crippen LogP contribution in [0, 0.1) is 0 Å². The molecular weight excluding hydrogens is 466 g/mol. The van der Waals surface area contributed by atoms with Crippen LogP contribution in [0.1, 0.15) is 26.3 Å². The molecule has 33 heavy (non-hydrogen) atoms. The number of carbonyl (C=O) groups excluding carboxylic acids is 3. The molecule has 0 aliphatic carbocycles. The summed E-state index contributed by atoms with van der Waals surface area (Å²) in [6, 6.07) is 16.1. The van der Waals surface area contributed by atoms with E-state index >= 15 is 0 Å². The molecule has 0 radical (unpaired) electrons. The molecular formula is C22H21N3O6S2. The third kappa shape index (κ3) is 5.83. The first kappa shape index (κ1) is 24.1. The maximum Gasteiger partial charge on any atom is 0.413 e. The Morgan fingerprint density at radius 1 is 0.970 bits per heavy atom. The highest BCUT2D eigenvalue weighted by Gasteiger charge is 2.22. The number of ether oxygens (including phenoxy) is 1. The first-order chi connectivity index (χ1) is 15.7. The van der Waals surface area contributed by atoms with Crippen LogP contribution in [0.15, 0.2) is 70.9 Å². The van der Waals surface area contributed by atoms with Crippen LogP contribution < -0.4 is 10.6 Å². The van der Waals surface area contributed by atoms with Gasteiger partial charge in [-0.1, -0.05) is 30.3 Å². The van der Waals surface area contributed by atoms with Crippen LogP contribution in [-0.2, 0) is 21.3 Å². The van der Waals surface area contributed by atoms with Crippen LogP contribution in [0.5, 0.6) is 0 Å². The van der Waals surface area contributed by atoms with Gasteiger partial charge in [0, 0.05) is 19.2 Å². The molecule has 2 aromatic carbocycles. The molecule has 0 bridgehead atoms. The predicted molar refractivity (Wildman–Crippen MR) is 124 cm³/mol. The standard InChI is InChI=1S/C22H21N3O6S2/c1-25(14-15-6-4-3-5-7-15)33(29,30)17-10-8-16(9-11-17)19(26)23-21-18(12-13-32-21)20(27)24-22(28)31-2/h3-13H,14H2,1-2H3,(H,23,26)(H,24,27,28). The van der Waals surface area contributed by atoms with Crippen molar-refractivity contribution < 1.29 is 27.5 Å². The lowest BCUT2D eigenvalue weighted by Crippen LogP contribution is -2.30. The van der Waals surface area contributed by atoms with Crippen LogP contribution in [0.2, 0.25) is 0 Å². The second-order valence-corrected chi connectivity index (χ2v) is 9.80. The molecule has 9 nitrogen and oxygen atoms in total. The fourth-order valence-electron chi connectivity index (χ4n) is 2.85. The van der Waals surface area contributed by atoms with Gasteiger partial charge in [-0.15, -0.1) is 11.3 Å². The summed E-state index contributed by atoms with van der Waals surface area (Å²) in [6.45, 7) is 0.209. The second kappa shape index (κ2) is 10.4. The van der Waals surface area contributed by atoms with Crippen LogP contribution in [-0.4, -0.2) is 44.8 Å². The third-order valence-electron chi connectivity index (χ3n) is 4.61. The monoisotopic (exact) mass is 487 g/mol. The summed E-state index contributed by atoms with van der Waals surface area (Å²) in [5.74, 6) is -1.26. The van der Waals surface area contributed by atoms with E-state index < -0.39 is 27.9 Å². The van der Waals surface area contributed by atoms with Crippen molar-refractivity contribution in [3.05, 3.63) is 82.7 Å². The van der Waals surface area contributed by atoms with Gasteiger partial charge in [0.15, 0.2) is 0 Å². The molecule has 0 unspecified atom stereocenters. The number of hydrogen-bond donors (Lipinski definition) is 2. The van der Waals surface area contributed by atoms with E-state index in [2.05, 4.69) is 10.1 Å². The predicted octanol–water partition coefficient (Wildman–Crippen LogP) is 3.32. The summed E-state index contributed by atoms with van der Waals surface area (Å²) < 4.78 is 31.3. The number of imide groups is 1. The highest BCUT2D eigenvalue weighted by atomic mass is 32.2. The molecule has 0 atom stereocenters. The summed E-state index contributed by atoms with van der Waals surface area (Å²) in [4.78, 5) is 36.0. The average molecular weight is 488 g/mol. The van der Waals surface area contributed by atoms with Crippen molar-refractivity contribution in [3.63, 3.8) is 0 Å². The molecule has 11 heteroatoms. The summed E-state index contributed by atoms with van der Waals surface area (Å²) >= 11 is 1.10. The first-order valence-electron chi connectivity index (χ1n) is 9.61. The van der Waals surface area contributed by atoms with Crippen molar-refractivity contribution in [2.75, 3.05) is 19.5 Å². The minimum atomic E-state index is -3.75. The molecule has 1 aromatic heterocycles. The van der Waals surface area contributed by atoms with Gasteiger partial charge in [-0.3, -0.25) is 14.9 Å². The number of benzene rings is 2. The number of methoxy groups -OCH3 is 1. The number of hydrogen-bond acceptors (Lipinski definition) is 7. The SMILES string of the molecule is COC(=O)NC(=O)c1ccsc1NC(=O)c1ccc(S(=O)(=O)N(C)Cc2ccccc2)cc1. The minimum Gasteiger partial charge on any atom is -0.453 e. The second-order valence-electron chi connectivity index (χ2n) is 6.83. The summed E-state index contributed by atoms with van der Waals surface area (Å²) in [7, 11) is -1.14. The van der Waals surface area contributed by atoms with Gasteiger partial charge in [0.2, 0.25) is 10.0 Å².